The van der Waals surface area contributed by atoms with Crippen LogP contribution < -0.4 is 0 Å². The first kappa shape index (κ1) is 27.9. The van der Waals surface area contributed by atoms with Crippen molar-refractivity contribution in [3.8, 4) is 11.1 Å². The molecule has 2 fully saturated rings. The molecule has 0 bridgehead atoms. The molecule has 0 heterocycles. The standard InChI is InChI=1S/C36H42.C3H8/c1-24-22-28(36(2,3)4)23-33(24)34(27-20-18-26(19-21-27)25-12-6-5-7-13-25)35-31-16-10-8-14-29(31)30-15-9-11-17-32(30)35;1-3-2/h5-21,24,28-35H,22-23H2,1-4H3;3H2,1-2H3/t24?,28?,29?,30?,31?,32?,33?,34-,35?;/m1./s1. The maximum absolute atomic E-state index is 2.56. The molecule has 0 N–H and O–H groups in total. The second-order valence-electron chi connectivity index (χ2n) is 13.8. The Morgan fingerprint density at radius 2 is 1.15 bits per heavy atom. The van der Waals surface area contributed by atoms with Crippen LogP contribution in [0.3, 0.4) is 0 Å². The lowest BCUT2D eigenvalue weighted by molar-refractivity contribution is 0.196. The molecule has 4 aliphatic carbocycles. The van der Waals surface area contributed by atoms with Crippen molar-refractivity contribution in [1.29, 1.82) is 0 Å². The Morgan fingerprint density at radius 1 is 0.667 bits per heavy atom. The molecular formula is C39H50. The number of hydrogen-bond acceptors (Lipinski definition) is 0. The molecule has 0 radical (unpaired) electrons. The highest BCUT2D eigenvalue weighted by atomic mass is 14.6. The van der Waals surface area contributed by atoms with Crippen LogP contribution in [0.2, 0.25) is 0 Å². The van der Waals surface area contributed by atoms with E-state index in [0.29, 0.717) is 40.9 Å². The topological polar surface area (TPSA) is 0 Å². The highest BCUT2D eigenvalue weighted by Crippen LogP contribution is 2.61. The zero-order valence-electron chi connectivity index (χ0n) is 25.1. The smallest absolute Gasteiger partial charge is 0.00909 e. The van der Waals surface area contributed by atoms with E-state index in [0.717, 1.165) is 17.8 Å². The minimum atomic E-state index is 0.381. The zero-order chi connectivity index (χ0) is 27.6. The van der Waals surface area contributed by atoms with Gasteiger partial charge in [-0.25, -0.2) is 0 Å². The van der Waals surface area contributed by atoms with Gasteiger partial charge >= 0.3 is 0 Å². The van der Waals surface area contributed by atoms with Gasteiger partial charge in [0.1, 0.15) is 0 Å². The van der Waals surface area contributed by atoms with E-state index in [2.05, 4.69) is 145 Å². The van der Waals surface area contributed by atoms with Gasteiger partial charge in [-0.15, -0.1) is 0 Å². The van der Waals surface area contributed by atoms with Gasteiger partial charge in [0.2, 0.25) is 0 Å². The fraction of sp³-hybridized carbons (Fsp3) is 0.487. The highest BCUT2D eigenvalue weighted by Gasteiger charge is 2.53. The molecule has 39 heavy (non-hydrogen) atoms. The van der Waals surface area contributed by atoms with Gasteiger partial charge in [0.25, 0.3) is 0 Å². The van der Waals surface area contributed by atoms with Gasteiger partial charge in [-0.3, -0.25) is 0 Å². The van der Waals surface area contributed by atoms with Crippen molar-refractivity contribution < 1.29 is 0 Å². The van der Waals surface area contributed by atoms with Crippen LogP contribution in [0.4, 0.5) is 0 Å². The Hall–Kier alpha value is -2.60. The summed E-state index contributed by atoms with van der Waals surface area (Å²) in [6.07, 6.45) is 23.4. The van der Waals surface area contributed by atoms with Crippen LogP contribution in [0.15, 0.2) is 103 Å². The summed E-state index contributed by atoms with van der Waals surface area (Å²) in [5.74, 6) is 6.05. The minimum absolute atomic E-state index is 0.381. The molecule has 4 aliphatic rings. The fourth-order valence-corrected chi connectivity index (χ4v) is 8.33. The molecule has 0 amide bonds. The van der Waals surface area contributed by atoms with Crippen molar-refractivity contribution in [3.63, 3.8) is 0 Å². The Balaban J connectivity index is 0.000000983. The van der Waals surface area contributed by atoms with Crippen LogP contribution in [-0.2, 0) is 0 Å². The molecule has 2 aromatic carbocycles. The van der Waals surface area contributed by atoms with Crippen LogP contribution in [0, 0.1) is 52.8 Å². The van der Waals surface area contributed by atoms with Crippen LogP contribution in [0.5, 0.6) is 0 Å². The van der Waals surface area contributed by atoms with Gasteiger partial charge in [-0.1, -0.05) is 151 Å². The van der Waals surface area contributed by atoms with Gasteiger partial charge in [-0.2, -0.15) is 0 Å². The lowest BCUT2D eigenvalue weighted by Crippen LogP contribution is -2.31. The molecule has 6 rings (SSSR count). The number of rotatable bonds is 4. The normalized spacial score (nSPS) is 33.3. The van der Waals surface area contributed by atoms with E-state index < -0.39 is 0 Å². The average molecular weight is 519 g/mol. The monoisotopic (exact) mass is 518 g/mol. The summed E-state index contributed by atoms with van der Waals surface area (Å²) >= 11 is 0. The molecule has 0 saturated heterocycles. The minimum Gasteiger partial charge on any atom is -0.0805 e. The molecule has 0 spiro atoms. The van der Waals surface area contributed by atoms with Crippen molar-refractivity contribution in [2.24, 2.45) is 52.8 Å². The van der Waals surface area contributed by atoms with Crippen molar-refractivity contribution >= 4 is 0 Å². The Bertz CT molecular complexity index is 1150. The molecule has 206 valence electrons. The Labute approximate surface area is 239 Å². The van der Waals surface area contributed by atoms with Gasteiger partial charge in [0.15, 0.2) is 0 Å². The molecule has 0 heteroatoms. The van der Waals surface area contributed by atoms with Gasteiger partial charge < -0.3 is 0 Å². The number of allylic oxidation sites excluding steroid dienone is 8. The number of fused-ring (bicyclic) bond motifs is 3. The van der Waals surface area contributed by atoms with Crippen LogP contribution in [-0.4, -0.2) is 0 Å². The van der Waals surface area contributed by atoms with Crippen molar-refractivity contribution in [3.05, 3.63) is 109 Å². The lowest BCUT2D eigenvalue weighted by Gasteiger charge is -2.39. The van der Waals surface area contributed by atoms with Crippen LogP contribution in [0.1, 0.15) is 72.3 Å². The Kier molecular flexibility index (Phi) is 8.51. The third-order valence-corrected chi connectivity index (χ3v) is 10.2. The molecule has 0 nitrogen and oxygen atoms in total. The van der Waals surface area contributed by atoms with E-state index in [1.165, 1.54) is 30.4 Å². The van der Waals surface area contributed by atoms with Crippen molar-refractivity contribution in [2.75, 3.05) is 0 Å². The maximum Gasteiger partial charge on any atom is -0.00909 e. The third-order valence-electron chi connectivity index (χ3n) is 10.2. The largest absolute Gasteiger partial charge is 0.0805 e. The summed E-state index contributed by atoms with van der Waals surface area (Å²) in [4.78, 5) is 0. The van der Waals surface area contributed by atoms with E-state index in [-0.39, 0.29) is 0 Å². The van der Waals surface area contributed by atoms with E-state index in [1.54, 1.807) is 5.56 Å². The zero-order valence-corrected chi connectivity index (χ0v) is 25.1. The van der Waals surface area contributed by atoms with E-state index in [9.17, 15) is 0 Å². The molecule has 7 unspecified atom stereocenters. The van der Waals surface area contributed by atoms with Crippen LogP contribution >= 0.6 is 0 Å². The Morgan fingerprint density at radius 3 is 1.64 bits per heavy atom. The average Bonchev–Trinajstić information content (AvgIpc) is 3.49. The first-order valence-corrected chi connectivity index (χ1v) is 15.7. The third kappa shape index (κ3) is 5.68. The number of benzene rings is 2. The molecule has 2 aromatic rings. The number of hydrogen-bond donors (Lipinski definition) is 0. The lowest BCUT2D eigenvalue weighted by atomic mass is 9.65. The summed E-state index contributed by atoms with van der Waals surface area (Å²) in [6.45, 7) is 14.2. The summed E-state index contributed by atoms with van der Waals surface area (Å²) in [5, 5.41) is 0. The molecule has 2 saturated carbocycles. The van der Waals surface area contributed by atoms with Crippen molar-refractivity contribution in [2.45, 2.75) is 66.7 Å². The molecular weight excluding hydrogens is 468 g/mol. The molecule has 0 aromatic heterocycles. The quantitative estimate of drug-likeness (QED) is 0.377. The fourth-order valence-electron chi connectivity index (χ4n) is 8.33. The SMILES string of the molecule is CC1CC(C(C)(C)C)CC1[C@@H](c1ccc(-c2ccccc2)cc1)C1C2C=CC=CC2C2C=CC=CC21.CCC. The van der Waals surface area contributed by atoms with Crippen molar-refractivity contribution in [1.82, 2.24) is 0 Å². The summed E-state index contributed by atoms with van der Waals surface area (Å²) in [7, 11) is 0. The maximum atomic E-state index is 2.56. The van der Waals surface area contributed by atoms with E-state index in [4.69, 9.17) is 0 Å². The molecule has 8 atom stereocenters. The first-order chi connectivity index (χ1) is 18.8. The predicted molar refractivity (Wildman–Crippen MR) is 169 cm³/mol. The van der Waals surface area contributed by atoms with Gasteiger partial charge in [0.05, 0.1) is 0 Å². The van der Waals surface area contributed by atoms with E-state index >= 15 is 0 Å². The van der Waals surface area contributed by atoms with Crippen LogP contribution in [0.25, 0.3) is 11.1 Å². The highest BCUT2D eigenvalue weighted by molar-refractivity contribution is 5.63. The second-order valence-corrected chi connectivity index (χ2v) is 13.8. The second kappa shape index (κ2) is 11.9. The molecule has 0 aliphatic heterocycles. The summed E-state index contributed by atoms with van der Waals surface area (Å²) in [6, 6.07) is 20.6. The first-order valence-electron chi connectivity index (χ1n) is 15.7. The summed E-state index contributed by atoms with van der Waals surface area (Å²) < 4.78 is 0. The van der Waals surface area contributed by atoms with E-state index in [1.807, 2.05) is 0 Å². The van der Waals surface area contributed by atoms with Gasteiger partial charge in [-0.05, 0) is 88.2 Å². The summed E-state index contributed by atoms with van der Waals surface area (Å²) in [5.41, 5.74) is 4.58. The van der Waals surface area contributed by atoms with Gasteiger partial charge in [0, 0.05) is 0 Å². The predicted octanol–water partition coefficient (Wildman–Crippen LogP) is 10.9.